The van der Waals surface area contributed by atoms with Crippen molar-refractivity contribution in [1.82, 2.24) is 14.5 Å². The van der Waals surface area contributed by atoms with E-state index in [0.717, 1.165) is 0 Å². The Labute approximate surface area is 165 Å². The molecule has 0 amide bonds. The summed E-state index contributed by atoms with van der Waals surface area (Å²) in [6, 6.07) is 4.57. The number of terminal acetylenes is 1. The summed E-state index contributed by atoms with van der Waals surface area (Å²) in [5.74, 6) is 2.56. The van der Waals surface area contributed by atoms with Gasteiger partial charge in [-0.1, -0.05) is 21.9 Å². The van der Waals surface area contributed by atoms with E-state index in [0.29, 0.717) is 35.0 Å². The molecule has 1 aromatic carbocycles. The molecule has 0 aromatic heterocycles. The van der Waals surface area contributed by atoms with E-state index in [2.05, 4.69) is 48.7 Å². The maximum atomic E-state index is 12.7. The average Bonchev–Trinajstić information content (AvgIpc) is 2.90. The van der Waals surface area contributed by atoms with Gasteiger partial charge in [-0.3, -0.25) is 4.90 Å². The van der Waals surface area contributed by atoms with Gasteiger partial charge < -0.3 is 4.90 Å². The fourth-order valence-corrected chi connectivity index (χ4v) is 5.59. The van der Waals surface area contributed by atoms with Gasteiger partial charge in [0.15, 0.2) is 6.19 Å². The topological polar surface area (TPSA) is 76.4 Å². The summed E-state index contributed by atoms with van der Waals surface area (Å²) in [7, 11) is -1.82. The quantitative estimate of drug-likeness (QED) is 0.488. The third kappa shape index (κ3) is 5.19. The minimum absolute atomic E-state index is 0.0676. The van der Waals surface area contributed by atoms with Crippen LogP contribution >= 0.6 is 31.9 Å². The predicted molar refractivity (Wildman–Crippen MR) is 103 cm³/mol. The summed E-state index contributed by atoms with van der Waals surface area (Å²) in [5.41, 5.74) is 0. The minimum Gasteiger partial charge on any atom is -0.305 e. The van der Waals surface area contributed by atoms with E-state index in [4.69, 9.17) is 6.42 Å². The normalized spacial score (nSPS) is 20.5. The van der Waals surface area contributed by atoms with E-state index in [1.165, 1.54) is 0 Å². The number of benzene rings is 1. The highest BCUT2D eigenvalue weighted by Gasteiger charge is 2.35. The maximum Gasteiger partial charge on any atom is 0.242 e. The molecule has 1 N–H and O–H groups in total. The molecule has 0 bridgehead atoms. The molecule has 134 valence electrons. The Morgan fingerprint density at radius 3 is 2.84 bits per heavy atom. The van der Waals surface area contributed by atoms with E-state index in [1.807, 2.05) is 11.9 Å². The third-order valence-corrected chi connectivity index (χ3v) is 6.94. The van der Waals surface area contributed by atoms with Crippen molar-refractivity contribution in [2.45, 2.75) is 23.4 Å². The van der Waals surface area contributed by atoms with Crippen molar-refractivity contribution >= 4 is 41.9 Å². The van der Waals surface area contributed by atoms with E-state index >= 15 is 0 Å². The molecule has 1 heterocycles. The van der Waals surface area contributed by atoms with Crippen molar-refractivity contribution in [3.63, 3.8) is 0 Å². The number of nitriles is 1. The van der Waals surface area contributed by atoms with Crippen LogP contribution in [0.15, 0.2) is 32.0 Å². The van der Waals surface area contributed by atoms with Crippen molar-refractivity contribution in [1.29, 1.82) is 5.26 Å². The van der Waals surface area contributed by atoms with Gasteiger partial charge in [-0.2, -0.15) is 5.26 Å². The second kappa shape index (κ2) is 8.52. The lowest BCUT2D eigenvalue weighted by Crippen LogP contribution is -2.36. The summed E-state index contributed by atoms with van der Waals surface area (Å²) in [6.45, 7) is 1.43. The number of sulfonamides is 1. The van der Waals surface area contributed by atoms with Crippen LogP contribution in [0.4, 0.5) is 0 Å². The van der Waals surface area contributed by atoms with Gasteiger partial charge in [0.25, 0.3) is 0 Å². The smallest absolute Gasteiger partial charge is 0.242 e. The Balaban J connectivity index is 2.11. The molecular formula is C16H18Br2N4O2S. The molecular weight excluding hydrogens is 472 g/mol. The van der Waals surface area contributed by atoms with Gasteiger partial charge in [-0.05, 0) is 47.6 Å². The number of halogens is 2. The Bertz CT molecular complexity index is 816. The van der Waals surface area contributed by atoms with E-state index in [1.54, 1.807) is 23.1 Å². The first-order chi connectivity index (χ1) is 11.8. The number of rotatable bonds is 6. The average molecular weight is 490 g/mol. The molecule has 1 aromatic rings. The molecule has 0 spiro atoms. The van der Waals surface area contributed by atoms with Crippen LogP contribution in [-0.4, -0.2) is 57.0 Å². The van der Waals surface area contributed by atoms with Crippen molar-refractivity contribution in [2.75, 3.05) is 26.7 Å². The van der Waals surface area contributed by atoms with Gasteiger partial charge in [0, 0.05) is 28.1 Å². The molecule has 0 aliphatic carbocycles. The van der Waals surface area contributed by atoms with Crippen molar-refractivity contribution in [3.05, 3.63) is 27.1 Å². The summed E-state index contributed by atoms with van der Waals surface area (Å²) < 4.78 is 29.2. The highest BCUT2D eigenvalue weighted by molar-refractivity contribution is 9.11. The minimum atomic E-state index is -3.70. The Morgan fingerprint density at radius 2 is 2.20 bits per heavy atom. The lowest BCUT2D eigenvalue weighted by Gasteiger charge is -2.23. The van der Waals surface area contributed by atoms with Crippen molar-refractivity contribution < 1.29 is 8.42 Å². The van der Waals surface area contributed by atoms with Crippen LogP contribution in [0.3, 0.4) is 0 Å². The Kier molecular flexibility index (Phi) is 6.89. The molecule has 2 atom stereocenters. The number of nitrogens with one attached hydrogen (secondary N) is 1. The molecule has 0 radical (unpaired) electrons. The molecule has 1 aliphatic rings. The zero-order valence-corrected chi connectivity index (χ0v) is 17.6. The van der Waals surface area contributed by atoms with E-state index in [9.17, 15) is 13.7 Å². The summed E-state index contributed by atoms with van der Waals surface area (Å²) in [5, 5.41) is 9.32. The van der Waals surface area contributed by atoms with E-state index in [-0.39, 0.29) is 17.0 Å². The van der Waals surface area contributed by atoms with Gasteiger partial charge in [0.2, 0.25) is 10.0 Å². The van der Waals surface area contributed by atoms with Crippen LogP contribution in [0.2, 0.25) is 0 Å². The Hall–Kier alpha value is -1.10. The van der Waals surface area contributed by atoms with Crippen LogP contribution < -0.4 is 4.72 Å². The van der Waals surface area contributed by atoms with Crippen LogP contribution in [0, 0.1) is 23.8 Å². The van der Waals surface area contributed by atoms with Gasteiger partial charge in [-0.15, -0.1) is 6.42 Å². The maximum absolute atomic E-state index is 12.7. The highest BCUT2D eigenvalue weighted by atomic mass is 79.9. The summed E-state index contributed by atoms with van der Waals surface area (Å²) >= 11 is 6.56. The third-order valence-electron chi connectivity index (χ3n) is 3.93. The molecule has 0 saturated carbocycles. The van der Waals surface area contributed by atoms with Crippen LogP contribution in [0.25, 0.3) is 0 Å². The second-order valence-corrected chi connectivity index (χ2v) is 9.39. The fraction of sp³-hybridized carbons (Fsp3) is 0.438. The van der Waals surface area contributed by atoms with Gasteiger partial charge in [0.05, 0.1) is 17.5 Å². The molecule has 1 aliphatic heterocycles. The van der Waals surface area contributed by atoms with Crippen LogP contribution in [-0.2, 0) is 10.0 Å². The Morgan fingerprint density at radius 1 is 1.48 bits per heavy atom. The van der Waals surface area contributed by atoms with Crippen LogP contribution in [0.1, 0.15) is 6.42 Å². The summed E-state index contributed by atoms with van der Waals surface area (Å²) in [4.78, 5) is 3.71. The van der Waals surface area contributed by atoms with Gasteiger partial charge >= 0.3 is 0 Å². The van der Waals surface area contributed by atoms with Crippen molar-refractivity contribution in [3.8, 4) is 18.5 Å². The summed E-state index contributed by atoms with van der Waals surface area (Å²) in [6.07, 6.45) is 7.99. The number of likely N-dealkylation sites (tertiary alicyclic amines) is 1. The predicted octanol–water partition coefficient (Wildman–Crippen LogP) is 1.98. The number of nitrogens with zero attached hydrogens (tertiary/aromatic N) is 3. The second-order valence-electron chi connectivity index (χ2n) is 5.94. The molecule has 2 rings (SSSR count). The lowest BCUT2D eigenvalue weighted by molar-refractivity contribution is 0.260. The first-order valence-corrected chi connectivity index (χ1v) is 10.6. The standard InChI is InChI=1S/C16H18Br2N4O2S/c1-3-6-21(2)10-14-8-13(9-22(14)11-19)20-25(23,24)16-7-12(17)4-5-15(16)18/h1,4-5,7,13-14,20H,6,8-10H2,2H3. The zero-order chi connectivity index (χ0) is 18.6. The van der Waals surface area contributed by atoms with E-state index < -0.39 is 10.0 Å². The molecule has 1 saturated heterocycles. The lowest BCUT2D eigenvalue weighted by atomic mass is 10.2. The SMILES string of the molecule is C#CCN(C)CC1CC(NS(=O)(=O)c2cc(Br)ccc2Br)CN1C#N. The monoisotopic (exact) mass is 488 g/mol. The first-order valence-electron chi connectivity index (χ1n) is 7.52. The number of hydrogen-bond acceptors (Lipinski definition) is 5. The molecule has 25 heavy (non-hydrogen) atoms. The number of hydrogen-bond donors (Lipinski definition) is 1. The van der Waals surface area contributed by atoms with Crippen LogP contribution in [0.5, 0.6) is 0 Å². The van der Waals surface area contributed by atoms with Gasteiger partial charge in [-0.25, -0.2) is 13.1 Å². The van der Waals surface area contributed by atoms with Crippen molar-refractivity contribution in [2.24, 2.45) is 0 Å². The first kappa shape index (κ1) is 20.2. The highest BCUT2D eigenvalue weighted by Crippen LogP contribution is 2.27. The molecule has 2 unspecified atom stereocenters. The molecule has 6 nitrogen and oxygen atoms in total. The number of likely N-dealkylation sites (N-methyl/N-ethyl adjacent to an activating group) is 1. The molecule has 9 heteroatoms. The fourth-order valence-electron chi connectivity index (χ4n) is 2.84. The largest absolute Gasteiger partial charge is 0.305 e. The van der Waals surface area contributed by atoms with Gasteiger partial charge in [0.1, 0.15) is 0 Å². The zero-order valence-electron chi connectivity index (χ0n) is 13.6. The molecule has 1 fully saturated rings.